The fourth-order valence-electron chi connectivity index (χ4n) is 8.38. The molecule has 5 aliphatic rings. The lowest BCUT2D eigenvalue weighted by atomic mass is 9.81. The number of fused-ring (bicyclic) bond motifs is 4. The van der Waals surface area contributed by atoms with E-state index in [1.807, 2.05) is 0 Å². The van der Waals surface area contributed by atoms with E-state index in [-0.39, 0.29) is 23.4 Å². The zero-order chi connectivity index (χ0) is 32.4. The van der Waals surface area contributed by atoms with Gasteiger partial charge in [0.15, 0.2) is 9.84 Å². The summed E-state index contributed by atoms with van der Waals surface area (Å²) < 4.78 is 33.2. The summed E-state index contributed by atoms with van der Waals surface area (Å²) >= 11 is 0. The van der Waals surface area contributed by atoms with Crippen LogP contribution in [0.1, 0.15) is 79.8 Å². The van der Waals surface area contributed by atoms with E-state index in [0.29, 0.717) is 5.56 Å². The molecule has 0 saturated carbocycles. The average Bonchev–Trinajstić information content (AvgIpc) is 3.08. The van der Waals surface area contributed by atoms with E-state index in [0.717, 1.165) is 111 Å². The van der Waals surface area contributed by atoms with Gasteiger partial charge in [0.05, 0.1) is 16.9 Å². The van der Waals surface area contributed by atoms with E-state index >= 15 is 0 Å². The average molecular weight is 653 g/mol. The quantitative estimate of drug-likeness (QED) is 0.295. The highest BCUT2D eigenvalue weighted by atomic mass is 32.2. The number of nitrogens with zero attached hydrogens (tertiary/aromatic N) is 2. The predicted octanol–water partition coefficient (Wildman–Crippen LogP) is 3.11. The fourth-order valence-corrected chi connectivity index (χ4v) is 8.93. The van der Waals surface area contributed by atoms with Crippen LogP contribution in [0, 0.1) is 0 Å². The van der Waals surface area contributed by atoms with E-state index < -0.39 is 21.7 Å². The summed E-state index contributed by atoms with van der Waals surface area (Å²) in [6.45, 7) is 7.33. The monoisotopic (exact) mass is 652 g/mol. The molecule has 2 N–H and O–H groups in total. The molecule has 8 rings (SSSR count). The molecule has 3 aromatic carbocycles. The number of benzene rings is 3. The van der Waals surface area contributed by atoms with Crippen molar-refractivity contribution in [1.29, 1.82) is 0 Å². The SMILES string of the molecule is C=CS(=O)(=O)CCNC(=O)c1ccc(C2=c3cc4c5c(c3Oc3c2cc2c6c3CCCN6CCC2)CCC[N+]=5CCC4)c(C(=O)O)c1. The number of carbonyl (C=O) groups excluding carboxylic acids is 1. The smallest absolute Gasteiger partial charge is 0.336 e. The molecule has 0 radical (unpaired) electrons. The van der Waals surface area contributed by atoms with Crippen LogP contribution >= 0.6 is 0 Å². The van der Waals surface area contributed by atoms with Crippen LogP contribution in [0.15, 0.2) is 42.3 Å². The molecule has 1 amide bonds. The van der Waals surface area contributed by atoms with Gasteiger partial charge in [-0.25, -0.2) is 17.8 Å². The Kier molecular flexibility index (Phi) is 7.24. The van der Waals surface area contributed by atoms with Gasteiger partial charge in [0.1, 0.15) is 24.6 Å². The van der Waals surface area contributed by atoms with Crippen molar-refractivity contribution in [3.8, 4) is 11.5 Å². The van der Waals surface area contributed by atoms with Gasteiger partial charge in [0.2, 0.25) is 5.36 Å². The Morgan fingerprint density at radius 1 is 0.936 bits per heavy atom. The van der Waals surface area contributed by atoms with Crippen LogP contribution < -0.4 is 30.1 Å². The van der Waals surface area contributed by atoms with Gasteiger partial charge in [-0.1, -0.05) is 12.6 Å². The van der Waals surface area contributed by atoms with E-state index in [2.05, 4.69) is 33.5 Å². The second-order valence-corrected chi connectivity index (χ2v) is 15.3. The van der Waals surface area contributed by atoms with Gasteiger partial charge >= 0.3 is 5.97 Å². The van der Waals surface area contributed by atoms with E-state index in [1.165, 1.54) is 39.4 Å². The molecule has 0 aliphatic carbocycles. The Morgan fingerprint density at radius 3 is 2.47 bits per heavy atom. The lowest BCUT2D eigenvalue weighted by Gasteiger charge is -2.39. The number of aromatic carboxylic acids is 1. The Bertz CT molecular complexity index is 2150. The number of hydrogen-bond acceptors (Lipinski definition) is 6. The van der Waals surface area contributed by atoms with Crippen LogP contribution in [0.2, 0.25) is 0 Å². The van der Waals surface area contributed by atoms with Crippen molar-refractivity contribution in [2.45, 2.75) is 51.4 Å². The van der Waals surface area contributed by atoms with Crippen molar-refractivity contribution in [2.24, 2.45) is 0 Å². The van der Waals surface area contributed by atoms with Crippen LogP contribution in [0.4, 0.5) is 5.69 Å². The van der Waals surface area contributed by atoms with Crippen LogP contribution in [0.25, 0.3) is 5.57 Å². The highest BCUT2D eigenvalue weighted by Crippen LogP contribution is 2.48. The number of amides is 1. The molecule has 0 bridgehead atoms. The summed E-state index contributed by atoms with van der Waals surface area (Å²) in [6, 6.07) is 9.24. The highest BCUT2D eigenvalue weighted by Gasteiger charge is 2.36. The largest absolute Gasteiger partial charge is 0.478 e. The molecule has 3 aromatic rings. The molecule has 242 valence electrons. The zero-order valence-corrected chi connectivity index (χ0v) is 27.2. The molecule has 0 fully saturated rings. The summed E-state index contributed by atoms with van der Waals surface area (Å²) in [5, 5.41) is 16.3. The van der Waals surface area contributed by atoms with Crippen molar-refractivity contribution < 1.29 is 27.9 Å². The predicted molar refractivity (Wildman–Crippen MR) is 180 cm³/mol. The van der Waals surface area contributed by atoms with Gasteiger partial charge in [0.25, 0.3) is 5.91 Å². The molecule has 0 aromatic heterocycles. The van der Waals surface area contributed by atoms with Crippen LogP contribution in [0.3, 0.4) is 0 Å². The first-order valence-electron chi connectivity index (χ1n) is 16.7. The van der Waals surface area contributed by atoms with Gasteiger partial charge in [-0.15, -0.1) is 0 Å². The maximum Gasteiger partial charge on any atom is 0.336 e. The number of sulfone groups is 1. The first-order valence-corrected chi connectivity index (χ1v) is 18.4. The number of aryl methyl sites for hydroxylation is 2. The van der Waals surface area contributed by atoms with Crippen LogP contribution in [-0.2, 0) is 35.5 Å². The lowest BCUT2D eigenvalue weighted by Crippen LogP contribution is -2.45. The van der Waals surface area contributed by atoms with E-state index in [4.69, 9.17) is 4.74 Å². The molecule has 10 heteroatoms. The third-order valence-corrected chi connectivity index (χ3v) is 11.7. The molecule has 47 heavy (non-hydrogen) atoms. The van der Waals surface area contributed by atoms with Gasteiger partial charge in [-0.2, -0.15) is 0 Å². The number of ether oxygens (including phenoxy) is 1. The molecule has 0 atom stereocenters. The van der Waals surface area contributed by atoms with Crippen molar-refractivity contribution in [3.05, 3.63) is 97.4 Å². The zero-order valence-electron chi connectivity index (χ0n) is 26.4. The van der Waals surface area contributed by atoms with Gasteiger partial charge in [0, 0.05) is 76.6 Å². The molecule has 0 saturated heterocycles. The molecular formula is C37H38N3O6S+. The third kappa shape index (κ3) is 4.96. The fraction of sp³-hybridized carbons (Fsp3) is 0.378. The van der Waals surface area contributed by atoms with Gasteiger partial charge in [-0.05, 0) is 73.9 Å². The second kappa shape index (κ2) is 11.4. The Hall–Kier alpha value is -4.44. The summed E-state index contributed by atoms with van der Waals surface area (Å²) in [6.07, 6.45) is 7.96. The topological polar surface area (TPSA) is 116 Å². The summed E-state index contributed by atoms with van der Waals surface area (Å²) in [7, 11) is -3.49. The Balaban J connectivity index is 1.36. The number of hydrogen-bond donors (Lipinski definition) is 2. The first kappa shape index (κ1) is 29.9. The molecule has 0 unspecified atom stereocenters. The maximum atomic E-state index is 13.1. The molecule has 0 spiro atoms. The number of rotatable bonds is 7. The van der Waals surface area contributed by atoms with Crippen molar-refractivity contribution >= 4 is 33.0 Å². The molecule has 5 aliphatic heterocycles. The minimum atomic E-state index is -3.49. The maximum absolute atomic E-state index is 13.1. The second-order valence-electron chi connectivity index (χ2n) is 13.2. The summed E-state index contributed by atoms with van der Waals surface area (Å²) in [5.41, 5.74) is 8.75. The number of carbonyl (C=O) groups is 2. The van der Waals surface area contributed by atoms with Gasteiger partial charge in [-0.3, -0.25) is 4.79 Å². The van der Waals surface area contributed by atoms with E-state index in [9.17, 15) is 23.1 Å². The number of carboxylic acids is 1. The van der Waals surface area contributed by atoms with Crippen LogP contribution in [0.5, 0.6) is 11.5 Å². The Labute approximate surface area is 273 Å². The number of carboxylic acid groups (broad SMARTS) is 1. The number of nitrogens with one attached hydrogen (secondary N) is 1. The Morgan fingerprint density at radius 2 is 1.68 bits per heavy atom. The van der Waals surface area contributed by atoms with Crippen molar-refractivity contribution in [1.82, 2.24) is 9.89 Å². The molecular weight excluding hydrogens is 614 g/mol. The minimum Gasteiger partial charge on any atom is -0.478 e. The summed E-state index contributed by atoms with van der Waals surface area (Å²) in [5.74, 6) is -0.284. The number of anilines is 1. The van der Waals surface area contributed by atoms with E-state index in [1.54, 1.807) is 12.1 Å². The minimum absolute atomic E-state index is 0.0196. The van der Waals surface area contributed by atoms with Gasteiger partial charge < -0.3 is 20.1 Å². The van der Waals surface area contributed by atoms with Crippen LogP contribution in [-0.4, -0.2) is 63.9 Å². The standard InChI is InChI=1S/C37H37N3O6S/c1-2-47(44,45)18-13-38-36(41)24-11-12-25(28(21-24)37(42)43)31-29-19-22-7-3-14-39-16-5-9-26(32(22)39)34(29)46-35-27-10-6-17-40-15-4-8-23(33(27)40)20-30(31)35/h2,11-12,19-21H,1,3-10,13-18H2,(H-,38,41,42,43)/p+1. The van der Waals surface area contributed by atoms with Crippen molar-refractivity contribution in [2.75, 3.05) is 43.4 Å². The normalized spacial score (nSPS) is 17.5. The third-order valence-electron chi connectivity index (χ3n) is 10.4. The summed E-state index contributed by atoms with van der Waals surface area (Å²) in [4.78, 5) is 28.6. The lowest BCUT2D eigenvalue weighted by molar-refractivity contribution is 0.0696. The van der Waals surface area contributed by atoms with Crippen molar-refractivity contribution in [3.63, 3.8) is 0 Å². The highest BCUT2D eigenvalue weighted by molar-refractivity contribution is 7.94. The molecule has 9 nitrogen and oxygen atoms in total. The molecule has 5 heterocycles. The first-order chi connectivity index (χ1) is 22.7.